The van der Waals surface area contributed by atoms with E-state index >= 15 is 0 Å². The van der Waals surface area contributed by atoms with Crippen molar-refractivity contribution in [1.82, 2.24) is 4.57 Å². The highest BCUT2D eigenvalue weighted by molar-refractivity contribution is 7.12. The Balaban J connectivity index is 1.88. The minimum Gasteiger partial charge on any atom is -0.326 e. The average Bonchev–Trinajstić information content (AvgIpc) is 2.89. The highest BCUT2D eigenvalue weighted by atomic mass is 32.1. The van der Waals surface area contributed by atoms with Crippen LogP contribution in [0.2, 0.25) is 0 Å². The van der Waals surface area contributed by atoms with Crippen molar-refractivity contribution in [3.05, 3.63) is 45.4 Å². The zero-order valence-corrected chi connectivity index (χ0v) is 13.4. The molecule has 2 aromatic rings. The fraction of sp³-hybridized carbons (Fsp3) is 0.438. The Kier molecular flexibility index (Phi) is 4.38. The van der Waals surface area contributed by atoms with Gasteiger partial charge >= 0.3 is 0 Å². The van der Waals surface area contributed by atoms with Gasteiger partial charge in [-0.15, -0.1) is 0 Å². The molecule has 5 nitrogen and oxygen atoms in total. The summed E-state index contributed by atoms with van der Waals surface area (Å²) in [4.78, 5) is 17.3. The van der Waals surface area contributed by atoms with Gasteiger partial charge in [0.2, 0.25) is 0 Å². The van der Waals surface area contributed by atoms with Crippen LogP contribution in [0.4, 0.5) is 5.69 Å². The molecule has 3 rings (SSSR count). The summed E-state index contributed by atoms with van der Waals surface area (Å²) in [6.07, 6.45) is 8.30. The zero-order valence-electron chi connectivity index (χ0n) is 12.6. The molecule has 0 atom stereocenters. The largest absolute Gasteiger partial charge is 0.326 e. The van der Waals surface area contributed by atoms with Crippen LogP contribution in [0.1, 0.15) is 32.1 Å². The predicted molar refractivity (Wildman–Crippen MR) is 87.8 cm³/mol. The molecule has 116 valence electrons. The summed E-state index contributed by atoms with van der Waals surface area (Å²) in [7, 11) is 2.01. The Hall–Kier alpha value is -1.95. The van der Waals surface area contributed by atoms with Crippen molar-refractivity contribution in [2.24, 2.45) is 12.0 Å². The van der Waals surface area contributed by atoms with Crippen LogP contribution < -0.4 is 4.80 Å². The van der Waals surface area contributed by atoms with Crippen LogP contribution in [0, 0.1) is 10.1 Å². The molecule has 1 fully saturated rings. The van der Waals surface area contributed by atoms with Crippen LogP contribution in [0.25, 0.3) is 10.4 Å². The molecule has 0 aliphatic heterocycles. The van der Waals surface area contributed by atoms with Gasteiger partial charge in [-0.2, -0.15) is 0 Å². The fourth-order valence-electron chi connectivity index (χ4n) is 2.79. The van der Waals surface area contributed by atoms with Crippen LogP contribution in [0.15, 0.2) is 35.5 Å². The Morgan fingerprint density at radius 2 is 1.91 bits per heavy atom. The van der Waals surface area contributed by atoms with E-state index in [0.717, 1.165) is 15.2 Å². The third kappa shape index (κ3) is 3.27. The lowest BCUT2D eigenvalue weighted by Gasteiger charge is -2.16. The number of rotatable bonds is 3. The van der Waals surface area contributed by atoms with Crippen molar-refractivity contribution < 1.29 is 4.92 Å². The number of nitro groups is 1. The van der Waals surface area contributed by atoms with E-state index in [1.807, 2.05) is 13.2 Å². The molecule has 1 aromatic heterocycles. The van der Waals surface area contributed by atoms with E-state index in [2.05, 4.69) is 4.57 Å². The number of non-ortho nitro benzene ring substituents is 1. The molecule has 0 radical (unpaired) electrons. The first-order chi connectivity index (χ1) is 10.6. The number of aromatic nitrogens is 1. The number of benzene rings is 1. The maximum atomic E-state index is 10.7. The smallest absolute Gasteiger partial charge is 0.269 e. The molecular formula is C16H19N3O2S. The van der Waals surface area contributed by atoms with Crippen molar-refractivity contribution in [2.75, 3.05) is 0 Å². The van der Waals surface area contributed by atoms with Crippen molar-refractivity contribution >= 4 is 17.0 Å². The molecule has 0 N–H and O–H groups in total. The van der Waals surface area contributed by atoms with Gasteiger partial charge in [0.15, 0.2) is 4.80 Å². The molecule has 0 spiro atoms. The molecule has 0 amide bonds. The van der Waals surface area contributed by atoms with Gasteiger partial charge in [0.05, 0.1) is 15.8 Å². The highest BCUT2D eigenvalue weighted by Crippen LogP contribution is 2.25. The lowest BCUT2D eigenvalue weighted by molar-refractivity contribution is -0.384. The van der Waals surface area contributed by atoms with Gasteiger partial charge in [-0.05, 0) is 30.5 Å². The molecule has 0 bridgehead atoms. The second kappa shape index (κ2) is 6.44. The number of thiazole rings is 1. The van der Waals surface area contributed by atoms with Gasteiger partial charge in [-0.1, -0.05) is 30.6 Å². The Morgan fingerprint density at radius 3 is 2.55 bits per heavy atom. The SMILES string of the molecule is Cn1cc(-c2ccc([N+](=O)[O-])cc2)sc1=NC1CCCCC1. The molecule has 6 heteroatoms. The molecule has 1 aromatic carbocycles. The lowest BCUT2D eigenvalue weighted by Crippen LogP contribution is -2.17. The maximum absolute atomic E-state index is 10.7. The quantitative estimate of drug-likeness (QED) is 0.637. The zero-order chi connectivity index (χ0) is 15.5. The van der Waals surface area contributed by atoms with E-state index in [0.29, 0.717) is 6.04 Å². The van der Waals surface area contributed by atoms with Crippen LogP contribution in [0.3, 0.4) is 0 Å². The Labute approximate surface area is 133 Å². The van der Waals surface area contributed by atoms with Gasteiger partial charge in [0.1, 0.15) is 0 Å². The van der Waals surface area contributed by atoms with Crippen molar-refractivity contribution in [1.29, 1.82) is 0 Å². The first kappa shape index (κ1) is 15.0. The highest BCUT2D eigenvalue weighted by Gasteiger charge is 2.13. The monoisotopic (exact) mass is 317 g/mol. The summed E-state index contributed by atoms with van der Waals surface area (Å²) in [6, 6.07) is 7.14. The first-order valence-corrected chi connectivity index (χ1v) is 8.40. The van der Waals surface area contributed by atoms with Crippen LogP contribution >= 0.6 is 11.3 Å². The number of nitrogens with zero attached hydrogens (tertiary/aromatic N) is 3. The van der Waals surface area contributed by atoms with Crippen LogP contribution in [-0.4, -0.2) is 15.5 Å². The van der Waals surface area contributed by atoms with E-state index in [4.69, 9.17) is 4.99 Å². The summed E-state index contributed by atoms with van der Waals surface area (Å²) < 4.78 is 2.05. The van der Waals surface area contributed by atoms with Crippen molar-refractivity contribution in [2.45, 2.75) is 38.1 Å². The topological polar surface area (TPSA) is 60.4 Å². The molecule has 1 heterocycles. The molecule has 0 unspecified atom stereocenters. The molecular weight excluding hydrogens is 298 g/mol. The number of hydrogen-bond donors (Lipinski definition) is 0. The van der Waals surface area contributed by atoms with Crippen LogP contribution in [0.5, 0.6) is 0 Å². The molecule has 22 heavy (non-hydrogen) atoms. The summed E-state index contributed by atoms with van der Waals surface area (Å²) in [6.45, 7) is 0. The molecule has 0 saturated heterocycles. The Bertz CT molecular complexity index is 725. The molecule has 1 saturated carbocycles. The minimum atomic E-state index is -0.373. The maximum Gasteiger partial charge on any atom is 0.269 e. The summed E-state index contributed by atoms with van der Waals surface area (Å²) in [5.41, 5.74) is 1.12. The van der Waals surface area contributed by atoms with Crippen LogP contribution in [-0.2, 0) is 7.05 Å². The van der Waals surface area contributed by atoms with Gasteiger partial charge < -0.3 is 4.57 Å². The minimum absolute atomic E-state index is 0.122. The summed E-state index contributed by atoms with van der Waals surface area (Å²) in [5, 5.41) is 10.7. The van der Waals surface area contributed by atoms with E-state index in [1.54, 1.807) is 35.6 Å². The van der Waals surface area contributed by atoms with Gasteiger partial charge in [-0.25, -0.2) is 0 Å². The van der Waals surface area contributed by atoms with Crippen molar-refractivity contribution in [3.8, 4) is 10.4 Å². The number of aryl methyl sites for hydroxylation is 1. The first-order valence-electron chi connectivity index (χ1n) is 7.58. The lowest BCUT2D eigenvalue weighted by atomic mass is 9.96. The summed E-state index contributed by atoms with van der Waals surface area (Å²) >= 11 is 1.65. The normalized spacial score (nSPS) is 16.9. The van der Waals surface area contributed by atoms with Gasteiger partial charge in [-0.3, -0.25) is 15.1 Å². The number of nitro benzene ring substituents is 1. The van der Waals surface area contributed by atoms with Crippen molar-refractivity contribution in [3.63, 3.8) is 0 Å². The molecule has 1 aliphatic carbocycles. The third-order valence-corrected chi connectivity index (χ3v) is 5.18. The van der Waals surface area contributed by atoms with Gasteiger partial charge in [0.25, 0.3) is 5.69 Å². The van der Waals surface area contributed by atoms with E-state index < -0.39 is 0 Å². The van der Waals surface area contributed by atoms with E-state index in [9.17, 15) is 10.1 Å². The Morgan fingerprint density at radius 1 is 1.23 bits per heavy atom. The predicted octanol–water partition coefficient (Wildman–Crippen LogP) is 3.90. The number of hydrogen-bond acceptors (Lipinski definition) is 4. The van der Waals surface area contributed by atoms with E-state index in [1.165, 1.54) is 32.1 Å². The fourth-order valence-corrected chi connectivity index (χ4v) is 3.85. The van der Waals surface area contributed by atoms with Gasteiger partial charge in [0, 0.05) is 25.4 Å². The molecule has 1 aliphatic rings. The third-order valence-electron chi connectivity index (χ3n) is 4.04. The second-order valence-corrected chi connectivity index (χ2v) is 6.72. The van der Waals surface area contributed by atoms with E-state index in [-0.39, 0.29) is 10.6 Å². The standard InChI is InChI=1S/C16H19N3O2S/c1-18-11-15(12-7-9-14(10-8-12)19(20)21)22-16(18)17-13-5-3-2-4-6-13/h7-11,13H,2-6H2,1H3. The second-order valence-electron chi connectivity index (χ2n) is 5.71. The summed E-state index contributed by atoms with van der Waals surface area (Å²) in [5.74, 6) is 0. The average molecular weight is 317 g/mol.